The van der Waals surface area contributed by atoms with Crippen LogP contribution in [0.3, 0.4) is 0 Å². The molecule has 2 heterocycles. The molecule has 12 aromatic rings. The number of fused-ring (bicyclic) bond motifs is 8. The van der Waals surface area contributed by atoms with Crippen LogP contribution in [0.15, 0.2) is 233 Å². The summed E-state index contributed by atoms with van der Waals surface area (Å²) < 4.78 is 13.5. The number of rotatable bonds is 7. The van der Waals surface area contributed by atoms with Gasteiger partial charge in [0.25, 0.3) is 0 Å². The van der Waals surface area contributed by atoms with Crippen molar-refractivity contribution in [3.63, 3.8) is 0 Å². The summed E-state index contributed by atoms with van der Waals surface area (Å²) in [5, 5.41) is 6.67. The standard InChI is InChI=1S/C58H37NO2/c1-4-15-38(16-5-1)39-27-31-43(32-28-39)59(52-25-14-24-49-47-22-12-13-26-53(47)60-58(49)52)44-33-29-42(30-34-44)55-45(40-17-6-2-7-18-40)35-36-54-56(55)51-37-50(41-19-8-3-9-20-41)46-21-10-11-23-48(46)57(51)61-54/h1-37H. The topological polar surface area (TPSA) is 29.5 Å². The van der Waals surface area contributed by atoms with Crippen molar-refractivity contribution in [1.82, 2.24) is 0 Å². The molecule has 0 saturated heterocycles. The zero-order valence-corrected chi connectivity index (χ0v) is 33.1. The molecule has 0 aliphatic rings. The molecule has 3 nitrogen and oxygen atoms in total. The van der Waals surface area contributed by atoms with E-state index in [9.17, 15) is 0 Å². The predicted molar refractivity (Wildman–Crippen MR) is 255 cm³/mol. The van der Waals surface area contributed by atoms with E-state index in [-0.39, 0.29) is 0 Å². The van der Waals surface area contributed by atoms with E-state index in [1.165, 1.54) is 27.6 Å². The van der Waals surface area contributed by atoms with Crippen molar-refractivity contribution in [2.75, 3.05) is 4.90 Å². The molecule has 0 radical (unpaired) electrons. The molecular weight excluding hydrogens is 743 g/mol. The van der Waals surface area contributed by atoms with Crippen molar-refractivity contribution in [2.45, 2.75) is 0 Å². The maximum absolute atomic E-state index is 6.88. The maximum Gasteiger partial charge on any atom is 0.159 e. The fourth-order valence-corrected chi connectivity index (χ4v) is 9.25. The molecule has 0 N–H and O–H groups in total. The minimum atomic E-state index is 0.849. The Bertz CT molecular complexity index is 3550. The first-order valence-electron chi connectivity index (χ1n) is 20.7. The normalized spacial score (nSPS) is 11.6. The van der Waals surface area contributed by atoms with E-state index in [0.717, 1.165) is 88.6 Å². The molecule has 3 heteroatoms. The SMILES string of the molecule is c1ccc(-c2ccc(N(c3ccc(-c4c(-c5ccccc5)ccc5oc6c7ccccc7c(-c7ccccc7)cc6c45)cc3)c3cccc4c3oc3ccccc34)cc2)cc1. The van der Waals surface area contributed by atoms with E-state index < -0.39 is 0 Å². The molecule has 0 fully saturated rings. The van der Waals surface area contributed by atoms with Gasteiger partial charge in [0, 0.05) is 43.9 Å². The maximum atomic E-state index is 6.88. The largest absolute Gasteiger partial charge is 0.455 e. The lowest BCUT2D eigenvalue weighted by Crippen LogP contribution is -2.10. The van der Waals surface area contributed by atoms with Gasteiger partial charge < -0.3 is 13.7 Å². The van der Waals surface area contributed by atoms with Crippen LogP contribution in [0.5, 0.6) is 0 Å². The minimum absolute atomic E-state index is 0.849. The molecule has 2 aromatic heterocycles. The third-order valence-electron chi connectivity index (χ3n) is 12.1. The summed E-state index contributed by atoms with van der Waals surface area (Å²) in [4.78, 5) is 2.31. The molecule has 0 atom stereocenters. The van der Waals surface area contributed by atoms with Gasteiger partial charge in [-0.2, -0.15) is 0 Å². The zero-order valence-electron chi connectivity index (χ0n) is 33.1. The summed E-state index contributed by atoms with van der Waals surface area (Å²) in [5.74, 6) is 0. The summed E-state index contributed by atoms with van der Waals surface area (Å²) in [6.07, 6.45) is 0. The van der Waals surface area contributed by atoms with Crippen LogP contribution in [0.2, 0.25) is 0 Å². The summed E-state index contributed by atoms with van der Waals surface area (Å²) in [7, 11) is 0. The minimum Gasteiger partial charge on any atom is -0.455 e. The van der Waals surface area contributed by atoms with Crippen LogP contribution in [0.4, 0.5) is 17.1 Å². The Morgan fingerprint density at radius 2 is 0.803 bits per heavy atom. The molecule has 0 saturated carbocycles. The van der Waals surface area contributed by atoms with Gasteiger partial charge in [-0.3, -0.25) is 0 Å². The Morgan fingerprint density at radius 1 is 0.295 bits per heavy atom. The molecule has 0 spiro atoms. The van der Waals surface area contributed by atoms with Crippen molar-refractivity contribution in [3.05, 3.63) is 224 Å². The highest BCUT2D eigenvalue weighted by Gasteiger charge is 2.23. The van der Waals surface area contributed by atoms with Gasteiger partial charge in [-0.25, -0.2) is 0 Å². The Labute approximate surface area is 353 Å². The van der Waals surface area contributed by atoms with Gasteiger partial charge in [0.2, 0.25) is 0 Å². The predicted octanol–water partition coefficient (Wildman–Crippen LogP) is 16.8. The van der Waals surface area contributed by atoms with Crippen LogP contribution in [-0.2, 0) is 0 Å². The van der Waals surface area contributed by atoms with Gasteiger partial charge in [-0.15, -0.1) is 0 Å². The van der Waals surface area contributed by atoms with E-state index in [1.54, 1.807) is 0 Å². The van der Waals surface area contributed by atoms with Gasteiger partial charge in [-0.05, 0) is 92.9 Å². The van der Waals surface area contributed by atoms with E-state index >= 15 is 0 Å². The average Bonchev–Trinajstić information content (AvgIpc) is 3.92. The number of benzene rings is 10. The Kier molecular flexibility index (Phi) is 8.17. The Hall–Kier alpha value is -8.14. The highest BCUT2D eigenvalue weighted by Crippen LogP contribution is 2.48. The molecule has 0 bridgehead atoms. The van der Waals surface area contributed by atoms with Crippen molar-refractivity contribution in [3.8, 4) is 44.5 Å². The highest BCUT2D eigenvalue weighted by molar-refractivity contribution is 6.23. The zero-order chi connectivity index (χ0) is 40.3. The summed E-state index contributed by atoms with van der Waals surface area (Å²) in [5.41, 5.74) is 15.8. The van der Waals surface area contributed by atoms with Crippen LogP contribution in [0.25, 0.3) is 99.2 Å². The summed E-state index contributed by atoms with van der Waals surface area (Å²) in [6, 6.07) is 79.7. The number of anilines is 3. The Morgan fingerprint density at radius 3 is 1.49 bits per heavy atom. The molecule has 12 rings (SSSR count). The van der Waals surface area contributed by atoms with Gasteiger partial charge in [0.05, 0.1) is 5.69 Å². The number of furan rings is 2. The van der Waals surface area contributed by atoms with E-state index in [2.05, 4.69) is 217 Å². The van der Waals surface area contributed by atoms with Crippen molar-refractivity contribution < 1.29 is 8.83 Å². The summed E-state index contributed by atoms with van der Waals surface area (Å²) >= 11 is 0. The molecule has 0 amide bonds. The lowest BCUT2D eigenvalue weighted by Gasteiger charge is -2.26. The second-order valence-electron chi connectivity index (χ2n) is 15.6. The lowest BCUT2D eigenvalue weighted by molar-refractivity contribution is 0.669. The van der Waals surface area contributed by atoms with E-state index in [1.807, 2.05) is 12.1 Å². The van der Waals surface area contributed by atoms with Crippen LogP contribution in [0, 0.1) is 0 Å². The van der Waals surface area contributed by atoms with Crippen molar-refractivity contribution >= 4 is 71.7 Å². The second-order valence-corrected chi connectivity index (χ2v) is 15.6. The first-order valence-corrected chi connectivity index (χ1v) is 20.7. The number of nitrogens with zero attached hydrogens (tertiary/aromatic N) is 1. The van der Waals surface area contributed by atoms with Gasteiger partial charge in [0.1, 0.15) is 16.7 Å². The number of hydrogen-bond acceptors (Lipinski definition) is 3. The molecule has 0 aliphatic heterocycles. The monoisotopic (exact) mass is 779 g/mol. The van der Waals surface area contributed by atoms with E-state index in [4.69, 9.17) is 8.83 Å². The molecular formula is C58H37NO2. The van der Waals surface area contributed by atoms with Gasteiger partial charge >= 0.3 is 0 Å². The molecule has 10 aromatic carbocycles. The lowest BCUT2D eigenvalue weighted by atomic mass is 9.89. The van der Waals surface area contributed by atoms with Crippen molar-refractivity contribution in [1.29, 1.82) is 0 Å². The first kappa shape index (κ1) is 34.9. The van der Waals surface area contributed by atoms with Crippen LogP contribution < -0.4 is 4.90 Å². The van der Waals surface area contributed by atoms with Crippen LogP contribution in [-0.4, -0.2) is 0 Å². The van der Waals surface area contributed by atoms with E-state index in [0.29, 0.717) is 0 Å². The third kappa shape index (κ3) is 5.82. The molecule has 0 aliphatic carbocycles. The quantitative estimate of drug-likeness (QED) is 0.161. The van der Waals surface area contributed by atoms with Crippen LogP contribution >= 0.6 is 0 Å². The Balaban J connectivity index is 1.08. The first-order chi connectivity index (χ1) is 30.3. The van der Waals surface area contributed by atoms with Crippen molar-refractivity contribution in [2.24, 2.45) is 0 Å². The number of hydrogen-bond donors (Lipinski definition) is 0. The molecule has 61 heavy (non-hydrogen) atoms. The fourth-order valence-electron chi connectivity index (χ4n) is 9.25. The smallest absolute Gasteiger partial charge is 0.159 e. The molecule has 0 unspecified atom stereocenters. The molecule has 286 valence electrons. The fraction of sp³-hybridized carbons (Fsp3) is 0. The summed E-state index contributed by atoms with van der Waals surface area (Å²) in [6.45, 7) is 0. The van der Waals surface area contributed by atoms with Crippen LogP contribution in [0.1, 0.15) is 0 Å². The second kappa shape index (κ2) is 14.3. The average molecular weight is 780 g/mol. The van der Waals surface area contributed by atoms with Gasteiger partial charge in [0.15, 0.2) is 5.58 Å². The van der Waals surface area contributed by atoms with Gasteiger partial charge in [-0.1, -0.05) is 176 Å². The number of para-hydroxylation sites is 2. The third-order valence-corrected chi connectivity index (χ3v) is 12.1. The highest BCUT2D eigenvalue weighted by atomic mass is 16.3.